The third-order valence-electron chi connectivity index (χ3n) is 3.93. The molecule has 7 heteroatoms. The Morgan fingerprint density at radius 2 is 1.93 bits per heavy atom. The standard InChI is InChI=1S/C20H18FN3O2S/c1-12-5-3-4-6-14(12)9-19(26)24-20-23-18(11-27-20)16-8-7-15(10-17(16)21)22-13(2)25/h3-8,10-11H,9H2,1-2H3,(H,22,25)(H,23,24,26). The smallest absolute Gasteiger partial charge is 0.230 e. The maximum absolute atomic E-state index is 14.3. The van der Waals surface area contributed by atoms with Crippen molar-refractivity contribution in [3.8, 4) is 11.3 Å². The second-order valence-corrected chi connectivity index (χ2v) is 6.92. The second-order valence-electron chi connectivity index (χ2n) is 6.07. The topological polar surface area (TPSA) is 71.1 Å². The van der Waals surface area contributed by atoms with Crippen LogP contribution in [0.3, 0.4) is 0 Å². The third-order valence-corrected chi connectivity index (χ3v) is 4.69. The Bertz CT molecular complexity index is 1000. The SMILES string of the molecule is CC(=O)Nc1ccc(-c2csc(NC(=O)Cc3ccccc3C)n2)c(F)c1. The van der Waals surface area contributed by atoms with E-state index in [0.717, 1.165) is 11.1 Å². The minimum atomic E-state index is -0.496. The largest absolute Gasteiger partial charge is 0.326 e. The van der Waals surface area contributed by atoms with Gasteiger partial charge in [0.15, 0.2) is 5.13 Å². The summed E-state index contributed by atoms with van der Waals surface area (Å²) in [5.41, 5.74) is 3.11. The van der Waals surface area contributed by atoms with Gasteiger partial charge in [0, 0.05) is 23.6 Å². The van der Waals surface area contributed by atoms with Gasteiger partial charge >= 0.3 is 0 Å². The summed E-state index contributed by atoms with van der Waals surface area (Å²) in [6, 6.07) is 12.1. The molecule has 2 aromatic carbocycles. The van der Waals surface area contributed by atoms with Crippen molar-refractivity contribution in [3.63, 3.8) is 0 Å². The molecule has 0 atom stereocenters. The van der Waals surface area contributed by atoms with Crippen LogP contribution in [0, 0.1) is 12.7 Å². The number of hydrogen-bond acceptors (Lipinski definition) is 4. The van der Waals surface area contributed by atoms with Crippen molar-refractivity contribution in [1.82, 2.24) is 4.98 Å². The van der Waals surface area contributed by atoms with Crippen LogP contribution in [0.1, 0.15) is 18.1 Å². The summed E-state index contributed by atoms with van der Waals surface area (Å²) in [5, 5.41) is 7.37. The summed E-state index contributed by atoms with van der Waals surface area (Å²) in [6.45, 7) is 3.32. The zero-order valence-electron chi connectivity index (χ0n) is 14.9. The van der Waals surface area contributed by atoms with Crippen LogP contribution in [-0.2, 0) is 16.0 Å². The summed E-state index contributed by atoms with van der Waals surface area (Å²) in [6.07, 6.45) is 0.251. The Balaban J connectivity index is 1.70. The number of aryl methyl sites for hydroxylation is 1. The first-order valence-corrected chi connectivity index (χ1v) is 9.18. The maximum atomic E-state index is 14.3. The minimum absolute atomic E-state index is 0.174. The fraction of sp³-hybridized carbons (Fsp3) is 0.150. The van der Waals surface area contributed by atoms with Gasteiger partial charge in [-0.1, -0.05) is 24.3 Å². The fourth-order valence-electron chi connectivity index (χ4n) is 2.60. The molecule has 1 aromatic heterocycles. The summed E-state index contributed by atoms with van der Waals surface area (Å²) in [4.78, 5) is 27.6. The number of benzene rings is 2. The van der Waals surface area contributed by atoms with Crippen LogP contribution in [0.15, 0.2) is 47.8 Å². The number of amides is 2. The lowest BCUT2D eigenvalue weighted by Crippen LogP contribution is -2.14. The van der Waals surface area contributed by atoms with Crippen molar-refractivity contribution in [1.29, 1.82) is 0 Å². The number of rotatable bonds is 5. The van der Waals surface area contributed by atoms with E-state index in [1.807, 2.05) is 31.2 Å². The molecule has 3 aromatic rings. The molecule has 0 radical (unpaired) electrons. The van der Waals surface area contributed by atoms with E-state index in [1.54, 1.807) is 17.5 Å². The van der Waals surface area contributed by atoms with E-state index in [4.69, 9.17) is 0 Å². The summed E-state index contributed by atoms with van der Waals surface area (Å²) >= 11 is 1.23. The highest BCUT2D eigenvalue weighted by atomic mass is 32.1. The van der Waals surface area contributed by atoms with Crippen LogP contribution in [0.2, 0.25) is 0 Å². The van der Waals surface area contributed by atoms with Crippen LogP contribution in [-0.4, -0.2) is 16.8 Å². The lowest BCUT2D eigenvalue weighted by Gasteiger charge is -2.06. The Morgan fingerprint density at radius 3 is 2.63 bits per heavy atom. The number of halogens is 1. The molecule has 3 rings (SSSR count). The maximum Gasteiger partial charge on any atom is 0.230 e. The minimum Gasteiger partial charge on any atom is -0.326 e. The van der Waals surface area contributed by atoms with Crippen molar-refractivity contribution < 1.29 is 14.0 Å². The van der Waals surface area contributed by atoms with Gasteiger partial charge in [-0.05, 0) is 36.2 Å². The number of thiazole rings is 1. The molecule has 2 amide bonds. The van der Waals surface area contributed by atoms with Crippen LogP contribution in [0.4, 0.5) is 15.2 Å². The van der Waals surface area contributed by atoms with Gasteiger partial charge in [0.2, 0.25) is 11.8 Å². The first-order valence-electron chi connectivity index (χ1n) is 8.30. The summed E-state index contributed by atoms with van der Waals surface area (Å²) in [7, 11) is 0. The summed E-state index contributed by atoms with van der Waals surface area (Å²) < 4.78 is 14.3. The molecule has 2 N–H and O–H groups in total. The number of carbonyl (C=O) groups excluding carboxylic acids is 2. The predicted molar refractivity (Wildman–Crippen MR) is 105 cm³/mol. The van der Waals surface area contributed by atoms with Gasteiger partial charge in [0.25, 0.3) is 0 Å². The highest BCUT2D eigenvalue weighted by Crippen LogP contribution is 2.28. The van der Waals surface area contributed by atoms with E-state index in [0.29, 0.717) is 22.1 Å². The molecule has 0 aliphatic carbocycles. The second kappa shape index (κ2) is 8.09. The van der Waals surface area contributed by atoms with Crippen molar-refractivity contribution in [2.24, 2.45) is 0 Å². The molecule has 27 heavy (non-hydrogen) atoms. The predicted octanol–water partition coefficient (Wildman–Crippen LogP) is 4.40. The van der Waals surface area contributed by atoms with E-state index in [2.05, 4.69) is 15.6 Å². The number of nitrogens with one attached hydrogen (secondary N) is 2. The highest BCUT2D eigenvalue weighted by molar-refractivity contribution is 7.14. The molecule has 5 nitrogen and oxygen atoms in total. The Hall–Kier alpha value is -3.06. The van der Waals surface area contributed by atoms with Gasteiger partial charge in [-0.3, -0.25) is 9.59 Å². The summed E-state index contributed by atoms with van der Waals surface area (Å²) in [5.74, 6) is -0.939. The molecule has 0 fully saturated rings. The van der Waals surface area contributed by atoms with Crippen molar-refractivity contribution in [2.75, 3.05) is 10.6 Å². The van der Waals surface area contributed by atoms with E-state index in [-0.39, 0.29) is 18.2 Å². The van der Waals surface area contributed by atoms with Crippen molar-refractivity contribution in [3.05, 3.63) is 64.8 Å². The van der Waals surface area contributed by atoms with E-state index in [9.17, 15) is 14.0 Å². The molecule has 0 aliphatic heterocycles. The number of nitrogens with zero attached hydrogens (tertiary/aromatic N) is 1. The van der Waals surface area contributed by atoms with Gasteiger partial charge in [0.05, 0.1) is 12.1 Å². The normalized spacial score (nSPS) is 10.5. The number of anilines is 2. The van der Waals surface area contributed by atoms with Crippen LogP contribution < -0.4 is 10.6 Å². The van der Waals surface area contributed by atoms with E-state index in [1.165, 1.54) is 24.3 Å². The molecule has 0 aliphatic rings. The molecule has 0 bridgehead atoms. The molecule has 138 valence electrons. The molecule has 0 saturated heterocycles. The molecule has 1 heterocycles. The number of hydrogen-bond donors (Lipinski definition) is 2. The molecular formula is C20H18FN3O2S. The lowest BCUT2D eigenvalue weighted by atomic mass is 10.1. The lowest BCUT2D eigenvalue weighted by molar-refractivity contribution is -0.116. The zero-order chi connectivity index (χ0) is 19.4. The number of carbonyl (C=O) groups is 2. The Kier molecular flexibility index (Phi) is 5.61. The van der Waals surface area contributed by atoms with Gasteiger partial charge in [0.1, 0.15) is 5.82 Å². The molecule has 0 unspecified atom stereocenters. The zero-order valence-corrected chi connectivity index (χ0v) is 15.7. The average Bonchev–Trinajstić information content (AvgIpc) is 3.04. The monoisotopic (exact) mass is 383 g/mol. The van der Waals surface area contributed by atoms with Crippen LogP contribution in [0.25, 0.3) is 11.3 Å². The Labute approximate surface area is 160 Å². The fourth-order valence-corrected chi connectivity index (χ4v) is 3.33. The van der Waals surface area contributed by atoms with Gasteiger partial charge in [-0.25, -0.2) is 9.37 Å². The van der Waals surface area contributed by atoms with Crippen molar-refractivity contribution in [2.45, 2.75) is 20.3 Å². The molecule has 0 saturated carbocycles. The van der Waals surface area contributed by atoms with Gasteiger partial charge in [-0.15, -0.1) is 11.3 Å². The molecule has 0 spiro atoms. The van der Waals surface area contributed by atoms with Crippen molar-refractivity contribution >= 4 is 34.0 Å². The van der Waals surface area contributed by atoms with Crippen LogP contribution >= 0.6 is 11.3 Å². The third kappa shape index (κ3) is 4.77. The first kappa shape index (κ1) is 18.7. The van der Waals surface area contributed by atoms with E-state index < -0.39 is 5.82 Å². The van der Waals surface area contributed by atoms with E-state index >= 15 is 0 Å². The van der Waals surface area contributed by atoms with Gasteiger partial charge in [-0.2, -0.15) is 0 Å². The molecular weight excluding hydrogens is 365 g/mol. The Morgan fingerprint density at radius 1 is 1.15 bits per heavy atom. The van der Waals surface area contributed by atoms with Gasteiger partial charge < -0.3 is 10.6 Å². The first-order chi connectivity index (χ1) is 12.9. The number of aromatic nitrogens is 1. The highest BCUT2D eigenvalue weighted by Gasteiger charge is 2.13. The quantitative estimate of drug-likeness (QED) is 0.686. The van der Waals surface area contributed by atoms with Crippen LogP contribution in [0.5, 0.6) is 0 Å². The average molecular weight is 383 g/mol.